The molecular formula is C23H27FN2O2. The van der Waals surface area contributed by atoms with E-state index in [4.69, 9.17) is 4.74 Å². The lowest BCUT2D eigenvalue weighted by molar-refractivity contribution is 0.0898. The zero-order valence-corrected chi connectivity index (χ0v) is 16.5. The molecule has 0 unspecified atom stereocenters. The fourth-order valence-electron chi connectivity index (χ4n) is 4.55. The van der Waals surface area contributed by atoms with Crippen LogP contribution in [0.4, 0.5) is 4.39 Å². The lowest BCUT2D eigenvalue weighted by atomic mass is 9.91. The normalized spacial score (nSPS) is 23.2. The van der Waals surface area contributed by atoms with Crippen molar-refractivity contribution in [1.82, 2.24) is 10.2 Å². The molecule has 2 heterocycles. The molecule has 2 aliphatic heterocycles. The molecule has 0 aromatic heterocycles. The van der Waals surface area contributed by atoms with E-state index in [1.807, 2.05) is 30.3 Å². The molecule has 1 spiro atoms. The lowest BCUT2D eigenvalue weighted by Gasteiger charge is -2.31. The van der Waals surface area contributed by atoms with E-state index in [2.05, 4.69) is 17.1 Å². The van der Waals surface area contributed by atoms with Crippen molar-refractivity contribution in [2.45, 2.75) is 44.2 Å². The van der Waals surface area contributed by atoms with Crippen LogP contribution >= 0.6 is 0 Å². The van der Waals surface area contributed by atoms with Gasteiger partial charge in [-0.05, 0) is 61.9 Å². The molecule has 1 N–H and O–H groups in total. The monoisotopic (exact) mass is 382 g/mol. The van der Waals surface area contributed by atoms with Gasteiger partial charge in [0, 0.05) is 24.7 Å². The molecule has 4 rings (SSSR count). The summed E-state index contributed by atoms with van der Waals surface area (Å²) in [6.07, 6.45) is 3.38. The summed E-state index contributed by atoms with van der Waals surface area (Å²) in [5.41, 5.74) is 2.33. The van der Waals surface area contributed by atoms with Crippen molar-refractivity contribution in [3.8, 4) is 5.75 Å². The number of carbonyl (C=O) groups is 1. The van der Waals surface area contributed by atoms with Gasteiger partial charge in [-0.15, -0.1) is 0 Å². The average molecular weight is 382 g/mol. The second kappa shape index (κ2) is 7.55. The highest BCUT2D eigenvalue weighted by molar-refractivity contribution is 5.97. The van der Waals surface area contributed by atoms with Crippen molar-refractivity contribution >= 4 is 5.91 Å². The first kappa shape index (κ1) is 18.9. The van der Waals surface area contributed by atoms with Gasteiger partial charge in [-0.25, -0.2) is 4.39 Å². The molecule has 0 aliphatic carbocycles. The van der Waals surface area contributed by atoms with Crippen molar-refractivity contribution < 1.29 is 13.9 Å². The van der Waals surface area contributed by atoms with Crippen LogP contribution in [0.3, 0.4) is 0 Å². The predicted molar refractivity (Wildman–Crippen MR) is 107 cm³/mol. The van der Waals surface area contributed by atoms with Gasteiger partial charge in [0.1, 0.15) is 11.6 Å². The third-order valence-electron chi connectivity index (χ3n) is 6.29. The topological polar surface area (TPSA) is 41.6 Å². The first-order valence-electron chi connectivity index (χ1n) is 9.96. The van der Waals surface area contributed by atoms with E-state index >= 15 is 0 Å². The molecule has 1 amide bonds. The van der Waals surface area contributed by atoms with Gasteiger partial charge in [0.05, 0.1) is 12.6 Å². The van der Waals surface area contributed by atoms with Gasteiger partial charge in [-0.3, -0.25) is 9.69 Å². The van der Waals surface area contributed by atoms with Crippen LogP contribution in [0.5, 0.6) is 5.75 Å². The standard InChI is InChI=1S/C23H27FN2O2/c1-16(13-18-5-3-4-6-21(18)24)26-12-11-23(15-26)10-9-17-7-8-19(28-2)14-20(17)22(27)25-23/h3-8,14,16H,9-13,15H2,1-2H3,(H,25,27)/t16-,23-/m1/s1. The van der Waals surface area contributed by atoms with Crippen LogP contribution in [0.2, 0.25) is 0 Å². The Hall–Kier alpha value is -2.40. The molecule has 0 bridgehead atoms. The Morgan fingerprint density at radius 3 is 2.86 bits per heavy atom. The van der Waals surface area contributed by atoms with Crippen LogP contribution < -0.4 is 10.1 Å². The fraction of sp³-hybridized carbons (Fsp3) is 0.435. The minimum absolute atomic E-state index is 0.0185. The van der Waals surface area contributed by atoms with E-state index in [0.29, 0.717) is 17.7 Å². The largest absolute Gasteiger partial charge is 0.497 e. The second-order valence-electron chi connectivity index (χ2n) is 8.12. The number of hydrogen-bond acceptors (Lipinski definition) is 3. The Kier molecular flexibility index (Phi) is 5.11. The number of nitrogens with zero attached hydrogens (tertiary/aromatic N) is 1. The number of amides is 1. The zero-order valence-electron chi connectivity index (χ0n) is 16.5. The smallest absolute Gasteiger partial charge is 0.252 e. The molecule has 2 aromatic rings. The Balaban J connectivity index is 1.47. The molecule has 1 fully saturated rings. The Morgan fingerprint density at radius 1 is 1.25 bits per heavy atom. The van der Waals surface area contributed by atoms with Crippen LogP contribution in [0.1, 0.15) is 41.3 Å². The highest BCUT2D eigenvalue weighted by atomic mass is 19.1. The third kappa shape index (κ3) is 3.63. The summed E-state index contributed by atoms with van der Waals surface area (Å²) in [5.74, 6) is 0.543. The SMILES string of the molecule is COc1ccc2c(c1)C(=O)N[C@]1(CC2)CCN([C@H](C)Cc2ccccc2F)C1. The molecule has 148 valence electrons. The summed E-state index contributed by atoms with van der Waals surface area (Å²) in [6.45, 7) is 3.86. The van der Waals surface area contributed by atoms with Crippen LogP contribution in [0, 0.1) is 5.82 Å². The van der Waals surface area contributed by atoms with Crippen molar-refractivity contribution in [3.63, 3.8) is 0 Å². The number of benzene rings is 2. The van der Waals surface area contributed by atoms with Crippen LogP contribution in [-0.2, 0) is 12.8 Å². The molecule has 28 heavy (non-hydrogen) atoms. The average Bonchev–Trinajstić information content (AvgIpc) is 3.06. The number of carbonyl (C=O) groups excluding carboxylic acids is 1. The maximum Gasteiger partial charge on any atom is 0.252 e. The minimum atomic E-state index is -0.215. The number of hydrogen-bond donors (Lipinski definition) is 1. The Morgan fingerprint density at radius 2 is 2.07 bits per heavy atom. The van der Waals surface area contributed by atoms with E-state index in [0.717, 1.165) is 43.5 Å². The van der Waals surface area contributed by atoms with Gasteiger partial charge in [-0.2, -0.15) is 0 Å². The molecule has 0 saturated carbocycles. The van der Waals surface area contributed by atoms with Crippen molar-refractivity contribution in [1.29, 1.82) is 0 Å². The first-order chi connectivity index (χ1) is 13.5. The maximum absolute atomic E-state index is 14.0. The van der Waals surface area contributed by atoms with E-state index in [-0.39, 0.29) is 23.3 Å². The summed E-state index contributed by atoms with van der Waals surface area (Å²) >= 11 is 0. The lowest BCUT2D eigenvalue weighted by Crippen LogP contribution is -2.50. The van der Waals surface area contributed by atoms with Gasteiger partial charge in [0.15, 0.2) is 0 Å². The molecule has 2 atom stereocenters. The number of nitrogens with one attached hydrogen (secondary N) is 1. The summed E-state index contributed by atoms with van der Waals surface area (Å²) < 4.78 is 19.3. The van der Waals surface area contributed by atoms with E-state index in [1.165, 1.54) is 6.07 Å². The number of rotatable bonds is 4. The first-order valence-corrected chi connectivity index (χ1v) is 9.96. The maximum atomic E-state index is 14.0. The third-order valence-corrected chi connectivity index (χ3v) is 6.29. The van der Waals surface area contributed by atoms with Crippen LogP contribution in [0.25, 0.3) is 0 Å². The molecule has 5 heteroatoms. The second-order valence-corrected chi connectivity index (χ2v) is 8.12. The summed E-state index contributed by atoms with van der Waals surface area (Å²) in [5, 5.41) is 3.31. The number of methoxy groups -OCH3 is 1. The van der Waals surface area contributed by atoms with Crippen LogP contribution in [-0.4, -0.2) is 42.6 Å². The van der Waals surface area contributed by atoms with Crippen LogP contribution in [0.15, 0.2) is 42.5 Å². The summed E-state index contributed by atoms with van der Waals surface area (Å²) in [4.78, 5) is 15.3. The predicted octanol–water partition coefficient (Wildman–Crippen LogP) is 3.59. The van der Waals surface area contributed by atoms with Gasteiger partial charge in [0.25, 0.3) is 5.91 Å². The molecule has 0 radical (unpaired) electrons. The van der Waals surface area contributed by atoms with E-state index < -0.39 is 0 Å². The summed E-state index contributed by atoms with van der Waals surface area (Å²) in [7, 11) is 1.61. The Labute approximate surface area is 165 Å². The molecule has 2 aromatic carbocycles. The van der Waals surface area contributed by atoms with Crippen molar-refractivity contribution in [2.75, 3.05) is 20.2 Å². The number of ether oxygens (including phenoxy) is 1. The van der Waals surface area contributed by atoms with Gasteiger partial charge in [-0.1, -0.05) is 24.3 Å². The molecular weight excluding hydrogens is 355 g/mol. The highest BCUT2D eigenvalue weighted by Crippen LogP contribution is 2.33. The van der Waals surface area contributed by atoms with E-state index in [9.17, 15) is 9.18 Å². The Bertz CT molecular complexity index is 885. The highest BCUT2D eigenvalue weighted by Gasteiger charge is 2.42. The van der Waals surface area contributed by atoms with Gasteiger partial charge < -0.3 is 10.1 Å². The molecule has 1 saturated heterocycles. The van der Waals surface area contributed by atoms with Crippen molar-refractivity contribution in [2.24, 2.45) is 0 Å². The van der Waals surface area contributed by atoms with Gasteiger partial charge >= 0.3 is 0 Å². The van der Waals surface area contributed by atoms with Gasteiger partial charge in [0.2, 0.25) is 0 Å². The minimum Gasteiger partial charge on any atom is -0.497 e. The van der Waals surface area contributed by atoms with E-state index in [1.54, 1.807) is 13.2 Å². The molecule has 4 nitrogen and oxygen atoms in total. The number of aryl methyl sites for hydroxylation is 1. The molecule has 2 aliphatic rings. The van der Waals surface area contributed by atoms with Crippen molar-refractivity contribution in [3.05, 3.63) is 65.0 Å². The number of halogens is 1. The summed E-state index contributed by atoms with van der Waals surface area (Å²) in [6, 6.07) is 13.0. The zero-order chi connectivity index (χ0) is 19.7. The fourth-order valence-corrected chi connectivity index (χ4v) is 4.55. The quantitative estimate of drug-likeness (QED) is 0.879. The number of likely N-dealkylation sites (tertiary alicyclic amines) is 1. The number of fused-ring (bicyclic) bond motifs is 1.